The third-order valence-corrected chi connectivity index (χ3v) is 3.38. The van der Waals surface area contributed by atoms with Gasteiger partial charge in [0.1, 0.15) is 5.75 Å². The molecule has 0 spiro atoms. The molecule has 19 heavy (non-hydrogen) atoms. The largest absolute Gasteiger partial charge is 0.464 e. The van der Waals surface area contributed by atoms with E-state index in [1.165, 1.54) is 11.3 Å². The van der Waals surface area contributed by atoms with Gasteiger partial charge in [0.15, 0.2) is 6.23 Å². The van der Waals surface area contributed by atoms with E-state index in [-0.39, 0.29) is 6.23 Å². The normalized spacial score (nSPS) is 16.5. The summed E-state index contributed by atoms with van der Waals surface area (Å²) in [4.78, 5) is 2.09. The minimum Gasteiger partial charge on any atom is -0.464 e. The number of nitrogens with zero attached hydrogens (tertiary/aromatic N) is 1. The predicted octanol–water partition coefficient (Wildman–Crippen LogP) is 3.56. The van der Waals surface area contributed by atoms with Gasteiger partial charge in [0.05, 0.1) is 5.69 Å². The van der Waals surface area contributed by atoms with Gasteiger partial charge in [-0.25, -0.2) is 0 Å². The van der Waals surface area contributed by atoms with Crippen LogP contribution in [0.3, 0.4) is 0 Å². The summed E-state index contributed by atoms with van der Waals surface area (Å²) in [5, 5.41) is 3.40. The average molecular weight is 254 g/mol. The van der Waals surface area contributed by atoms with Gasteiger partial charge in [-0.3, -0.25) is 0 Å². The van der Waals surface area contributed by atoms with E-state index < -0.39 is 0 Å². The summed E-state index contributed by atoms with van der Waals surface area (Å²) in [6.07, 6.45) is -0.0898. The van der Waals surface area contributed by atoms with Gasteiger partial charge in [-0.05, 0) is 36.8 Å². The van der Waals surface area contributed by atoms with Crippen LogP contribution in [0.4, 0.5) is 11.4 Å². The lowest BCUT2D eigenvalue weighted by Crippen LogP contribution is -2.11. The Balaban J connectivity index is 1.82. The third-order valence-electron chi connectivity index (χ3n) is 3.38. The summed E-state index contributed by atoms with van der Waals surface area (Å²) in [7, 11) is 4.08. The maximum absolute atomic E-state index is 5.92. The zero-order chi connectivity index (χ0) is 13.4. The summed E-state index contributed by atoms with van der Waals surface area (Å²) in [5.41, 5.74) is 4.63. The van der Waals surface area contributed by atoms with Crippen LogP contribution in [0.25, 0.3) is 0 Å². The van der Waals surface area contributed by atoms with E-state index in [1.54, 1.807) is 0 Å². The fourth-order valence-electron chi connectivity index (χ4n) is 2.26. The summed E-state index contributed by atoms with van der Waals surface area (Å²) in [5.74, 6) is 0.923. The Bertz CT molecular complexity index is 590. The van der Waals surface area contributed by atoms with E-state index in [0.717, 1.165) is 17.0 Å². The molecule has 0 bridgehead atoms. The highest BCUT2D eigenvalue weighted by Gasteiger charge is 2.23. The number of hydrogen-bond acceptors (Lipinski definition) is 3. The maximum Gasteiger partial charge on any atom is 0.196 e. The minimum atomic E-state index is -0.0898. The molecule has 3 rings (SSSR count). The van der Waals surface area contributed by atoms with Gasteiger partial charge in [0.2, 0.25) is 0 Å². The van der Waals surface area contributed by atoms with Gasteiger partial charge in [0, 0.05) is 25.3 Å². The molecule has 0 saturated heterocycles. The molecule has 1 aliphatic heterocycles. The van der Waals surface area contributed by atoms with Gasteiger partial charge < -0.3 is 15.0 Å². The highest BCUT2D eigenvalue weighted by atomic mass is 16.5. The molecule has 3 nitrogen and oxygen atoms in total. The fraction of sp³-hybridized carbons (Fsp3) is 0.250. The first-order valence-electron chi connectivity index (χ1n) is 6.44. The monoisotopic (exact) mass is 254 g/mol. The molecule has 98 valence electrons. The van der Waals surface area contributed by atoms with Crippen LogP contribution >= 0.6 is 0 Å². The number of rotatable bonds is 2. The van der Waals surface area contributed by atoms with Gasteiger partial charge >= 0.3 is 0 Å². The van der Waals surface area contributed by atoms with Crippen molar-refractivity contribution in [3.05, 3.63) is 53.6 Å². The Hall–Kier alpha value is -2.16. The molecule has 0 unspecified atom stereocenters. The molecule has 0 fully saturated rings. The molecular formula is C16H18N2O. The van der Waals surface area contributed by atoms with Crippen LogP contribution in [-0.2, 0) is 0 Å². The quantitative estimate of drug-likeness (QED) is 0.886. The summed E-state index contributed by atoms with van der Waals surface area (Å²) < 4.78 is 5.92. The van der Waals surface area contributed by atoms with Crippen LogP contribution in [0.5, 0.6) is 5.75 Å². The lowest BCUT2D eigenvalue weighted by atomic mass is 10.1. The van der Waals surface area contributed by atoms with Crippen molar-refractivity contribution in [2.75, 3.05) is 24.3 Å². The number of aryl methyl sites for hydroxylation is 1. The third kappa shape index (κ3) is 2.24. The Morgan fingerprint density at radius 1 is 1.05 bits per heavy atom. The van der Waals surface area contributed by atoms with E-state index in [4.69, 9.17) is 4.74 Å². The predicted molar refractivity (Wildman–Crippen MR) is 78.9 cm³/mol. The fourth-order valence-corrected chi connectivity index (χ4v) is 2.26. The van der Waals surface area contributed by atoms with Crippen LogP contribution in [0, 0.1) is 6.92 Å². The van der Waals surface area contributed by atoms with Crippen LogP contribution in [0.2, 0.25) is 0 Å². The smallest absolute Gasteiger partial charge is 0.196 e. The van der Waals surface area contributed by atoms with Gasteiger partial charge in [-0.15, -0.1) is 0 Å². The van der Waals surface area contributed by atoms with E-state index in [9.17, 15) is 0 Å². The van der Waals surface area contributed by atoms with Crippen molar-refractivity contribution < 1.29 is 4.74 Å². The molecule has 0 radical (unpaired) electrons. The topological polar surface area (TPSA) is 24.5 Å². The summed E-state index contributed by atoms with van der Waals surface area (Å²) >= 11 is 0. The number of benzene rings is 2. The van der Waals surface area contributed by atoms with Crippen molar-refractivity contribution in [2.45, 2.75) is 13.2 Å². The van der Waals surface area contributed by atoms with E-state index in [1.807, 2.05) is 20.2 Å². The molecular weight excluding hydrogens is 236 g/mol. The highest BCUT2D eigenvalue weighted by molar-refractivity contribution is 5.62. The molecule has 0 amide bonds. The number of anilines is 2. The first-order valence-corrected chi connectivity index (χ1v) is 6.44. The van der Waals surface area contributed by atoms with Crippen LogP contribution in [0.15, 0.2) is 42.5 Å². The highest BCUT2D eigenvalue weighted by Crippen LogP contribution is 2.38. The molecule has 0 aromatic heterocycles. The van der Waals surface area contributed by atoms with Crippen molar-refractivity contribution in [3.8, 4) is 5.75 Å². The standard InChI is InChI=1S/C16H18N2O/c1-11-4-9-15-14(10-11)17-16(19-15)12-5-7-13(8-6-12)18(2)3/h4-10,16-17H,1-3H3/t16-/m0/s1. The molecule has 0 saturated carbocycles. The van der Waals surface area contributed by atoms with Crippen molar-refractivity contribution in [1.82, 2.24) is 0 Å². The number of fused-ring (bicyclic) bond motifs is 1. The van der Waals surface area contributed by atoms with Crippen molar-refractivity contribution >= 4 is 11.4 Å². The molecule has 1 aliphatic rings. The van der Waals surface area contributed by atoms with Gasteiger partial charge in [0.25, 0.3) is 0 Å². The minimum absolute atomic E-state index is 0.0898. The Labute approximate surface area is 113 Å². The Morgan fingerprint density at radius 2 is 1.79 bits per heavy atom. The SMILES string of the molecule is Cc1ccc2c(c1)N[C@H](c1ccc(N(C)C)cc1)O2. The molecule has 1 N–H and O–H groups in total. The van der Waals surface area contributed by atoms with Crippen LogP contribution in [-0.4, -0.2) is 14.1 Å². The molecule has 3 heteroatoms. The van der Waals surface area contributed by atoms with E-state index in [0.29, 0.717) is 0 Å². The summed E-state index contributed by atoms with van der Waals surface area (Å²) in [6, 6.07) is 14.6. The number of ether oxygens (including phenoxy) is 1. The second kappa shape index (κ2) is 4.50. The lowest BCUT2D eigenvalue weighted by Gasteiger charge is -2.15. The number of hydrogen-bond donors (Lipinski definition) is 1. The van der Waals surface area contributed by atoms with Crippen molar-refractivity contribution in [3.63, 3.8) is 0 Å². The average Bonchev–Trinajstić information content (AvgIpc) is 2.81. The van der Waals surface area contributed by atoms with Crippen molar-refractivity contribution in [1.29, 1.82) is 0 Å². The lowest BCUT2D eigenvalue weighted by molar-refractivity contribution is 0.260. The Morgan fingerprint density at radius 3 is 2.47 bits per heavy atom. The second-order valence-electron chi connectivity index (χ2n) is 5.13. The molecule has 2 aromatic rings. The zero-order valence-electron chi connectivity index (χ0n) is 11.5. The molecule has 1 heterocycles. The van der Waals surface area contributed by atoms with E-state index >= 15 is 0 Å². The first kappa shape index (κ1) is 11.9. The molecule has 2 aromatic carbocycles. The molecule has 0 aliphatic carbocycles. The van der Waals surface area contributed by atoms with Crippen LogP contribution < -0.4 is 15.0 Å². The van der Waals surface area contributed by atoms with Crippen LogP contribution in [0.1, 0.15) is 17.4 Å². The summed E-state index contributed by atoms with van der Waals surface area (Å²) in [6.45, 7) is 2.08. The maximum atomic E-state index is 5.92. The zero-order valence-corrected chi connectivity index (χ0v) is 11.5. The Kier molecular flexibility index (Phi) is 2.82. The van der Waals surface area contributed by atoms with E-state index in [2.05, 4.69) is 53.5 Å². The van der Waals surface area contributed by atoms with Gasteiger partial charge in [-0.1, -0.05) is 18.2 Å². The number of nitrogens with one attached hydrogen (secondary N) is 1. The second-order valence-corrected chi connectivity index (χ2v) is 5.13. The first-order chi connectivity index (χ1) is 9.13. The van der Waals surface area contributed by atoms with Crippen molar-refractivity contribution in [2.24, 2.45) is 0 Å². The van der Waals surface area contributed by atoms with Gasteiger partial charge in [-0.2, -0.15) is 0 Å². The molecule has 1 atom stereocenters.